The van der Waals surface area contributed by atoms with Crippen molar-refractivity contribution in [2.75, 3.05) is 0 Å². The van der Waals surface area contributed by atoms with Crippen LogP contribution in [0.3, 0.4) is 0 Å². The SMILES string of the molecule is CCC12CCCC(CCC1)P2. The molecule has 64 valence electrons. The van der Waals surface area contributed by atoms with E-state index in [4.69, 9.17) is 0 Å². The molecule has 0 N–H and O–H groups in total. The predicted octanol–water partition coefficient (Wildman–Crippen LogP) is 3.55. The Bertz CT molecular complexity index is 132. The molecule has 0 aromatic rings. The van der Waals surface area contributed by atoms with Gasteiger partial charge >= 0.3 is 0 Å². The standard InChI is InChI=1S/C10H19P/c1-2-10-7-3-5-9(11-10)6-4-8-10/h9,11H,2-8H2,1H3. The number of hydrogen-bond donors (Lipinski definition) is 0. The van der Waals surface area contributed by atoms with Crippen molar-refractivity contribution in [3.05, 3.63) is 0 Å². The molecule has 1 unspecified atom stereocenters. The van der Waals surface area contributed by atoms with Gasteiger partial charge < -0.3 is 0 Å². The summed E-state index contributed by atoms with van der Waals surface area (Å²) in [7, 11) is 1.32. The topological polar surface area (TPSA) is 0 Å². The summed E-state index contributed by atoms with van der Waals surface area (Å²) in [5.74, 6) is 0. The molecule has 0 radical (unpaired) electrons. The van der Waals surface area contributed by atoms with Crippen LogP contribution in [0.4, 0.5) is 0 Å². The quantitative estimate of drug-likeness (QED) is 0.528. The first kappa shape index (κ1) is 8.05. The minimum Gasteiger partial charge on any atom is -0.112 e. The van der Waals surface area contributed by atoms with Crippen molar-refractivity contribution < 1.29 is 0 Å². The number of rotatable bonds is 1. The average molecular weight is 170 g/mol. The third kappa shape index (κ3) is 1.47. The lowest BCUT2D eigenvalue weighted by Gasteiger charge is -2.45. The normalized spacial score (nSPS) is 46.1. The molecule has 2 heterocycles. The van der Waals surface area contributed by atoms with Crippen LogP contribution in [0.25, 0.3) is 0 Å². The smallest absolute Gasteiger partial charge is 0.0122 e. The second-order valence-electron chi connectivity index (χ2n) is 4.26. The van der Waals surface area contributed by atoms with Crippen molar-refractivity contribution in [3.8, 4) is 0 Å². The van der Waals surface area contributed by atoms with Gasteiger partial charge in [-0.1, -0.05) is 19.8 Å². The van der Waals surface area contributed by atoms with E-state index in [1.165, 1.54) is 27.8 Å². The maximum Gasteiger partial charge on any atom is -0.0122 e. The highest BCUT2D eigenvalue weighted by Gasteiger charge is 2.37. The molecule has 2 saturated heterocycles. The Morgan fingerprint density at radius 3 is 2.36 bits per heavy atom. The van der Waals surface area contributed by atoms with Crippen LogP contribution in [0.15, 0.2) is 0 Å². The van der Waals surface area contributed by atoms with Gasteiger partial charge in [0.1, 0.15) is 0 Å². The van der Waals surface area contributed by atoms with Gasteiger partial charge in [-0.2, -0.15) is 0 Å². The highest BCUT2D eigenvalue weighted by molar-refractivity contribution is 7.41. The van der Waals surface area contributed by atoms with Crippen LogP contribution >= 0.6 is 8.58 Å². The molecule has 1 heteroatoms. The minimum absolute atomic E-state index is 0.848. The molecule has 0 amide bonds. The van der Waals surface area contributed by atoms with Gasteiger partial charge in [0.15, 0.2) is 0 Å². The summed E-state index contributed by atoms with van der Waals surface area (Å²) in [5.41, 5.74) is 1.15. The first-order valence-corrected chi connectivity index (χ1v) is 6.20. The van der Waals surface area contributed by atoms with Crippen molar-refractivity contribution in [1.82, 2.24) is 0 Å². The van der Waals surface area contributed by atoms with Crippen LogP contribution in [0.2, 0.25) is 0 Å². The summed E-state index contributed by atoms with van der Waals surface area (Å²) in [4.78, 5) is 0. The van der Waals surface area contributed by atoms with Crippen LogP contribution in [0.5, 0.6) is 0 Å². The fraction of sp³-hybridized carbons (Fsp3) is 1.00. The van der Waals surface area contributed by atoms with Crippen molar-refractivity contribution in [2.24, 2.45) is 0 Å². The molecule has 0 aromatic carbocycles. The molecular weight excluding hydrogens is 151 g/mol. The Kier molecular flexibility index (Phi) is 2.23. The van der Waals surface area contributed by atoms with Crippen molar-refractivity contribution >= 4 is 8.58 Å². The molecule has 0 aliphatic carbocycles. The maximum atomic E-state index is 2.40. The van der Waals surface area contributed by atoms with Gasteiger partial charge in [0.05, 0.1) is 0 Å². The predicted molar refractivity (Wildman–Crippen MR) is 52.8 cm³/mol. The van der Waals surface area contributed by atoms with Gasteiger partial charge in [-0.15, -0.1) is 8.58 Å². The van der Waals surface area contributed by atoms with Crippen LogP contribution in [-0.2, 0) is 0 Å². The molecule has 0 nitrogen and oxygen atoms in total. The lowest BCUT2D eigenvalue weighted by Crippen LogP contribution is -2.33. The maximum absolute atomic E-state index is 2.40. The van der Waals surface area contributed by atoms with Crippen LogP contribution in [0, 0.1) is 0 Å². The molecule has 11 heavy (non-hydrogen) atoms. The third-order valence-electron chi connectivity index (χ3n) is 3.60. The Hall–Kier alpha value is 0.430. The zero-order valence-corrected chi connectivity index (χ0v) is 8.53. The second kappa shape index (κ2) is 3.05. The average Bonchev–Trinajstić information content (AvgIpc) is 2.05. The van der Waals surface area contributed by atoms with Crippen molar-refractivity contribution in [2.45, 2.75) is 62.7 Å². The Morgan fingerprint density at radius 1 is 1.27 bits per heavy atom. The number of fused-ring (bicyclic) bond motifs is 2. The van der Waals surface area contributed by atoms with Crippen LogP contribution in [0.1, 0.15) is 51.9 Å². The van der Waals surface area contributed by atoms with E-state index in [0.29, 0.717) is 0 Å². The first-order chi connectivity index (χ1) is 5.35. The third-order valence-corrected chi connectivity index (χ3v) is 6.05. The Labute approximate surface area is 71.9 Å². The highest BCUT2D eigenvalue weighted by atomic mass is 31.1. The van der Waals surface area contributed by atoms with Gasteiger partial charge in [0.2, 0.25) is 0 Å². The van der Waals surface area contributed by atoms with Gasteiger partial charge in [-0.3, -0.25) is 0 Å². The molecule has 0 saturated carbocycles. The molecule has 2 fully saturated rings. The zero-order chi connectivity index (χ0) is 7.73. The van der Waals surface area contributed by atoms with E-state index >= 15 is 0 Å². The van der Waals surface area contributed by atoms with E-state index in [1.807, 2.05) is 0 Å². The summed E-state index contributed by atoms with van der Waals surface area (Å²) in [6.45, 7) is 2.40. The number of hydrogen-bond acceptors (Lipinski definition) is 0. The monoisotopic (exact) mass is 170 g/mol. The summed E-state index contributed by atoms with van der Waals surface area (Å²) in [6, 6.07) is 0. The largest absolute Gasteiger partial charge is 0.112 e. The summed E-state index contributed by atoms with van der Waals surface area (Å²) >= 11 is 0. The molecule has 0 spiro atoms. The second-order valence-corrected chi connectivity index (χ2v) is 6.43. The Morgan fingerprint density at radius 2 is 1.91 bits per heavy atom. The van der Waals surface area contributed by atoms with Gasteiger partial charge in [-0.25, -0.2) is 0 Å². The zero-order valence-electron chi connectivity index (χ0n) is 7.53. The highest BCUT2D eigenvalue weighted by Crippen LogP contribution is 2.55. The van der Waals surface area contributed by atoms with E-state index in [9.17, 15) is 0 Å². The minimum atomic E-state index is 0.848. The lowest BCUT2D eigenvalue weighted by molar-refractivity contribution is 0.372. The van der Waals surface area contributed by atoms with Gasteiger partial charge in [-0.05, 0) is 42.9 Å². The van der Waals surface area contributed by atoms with Gasteiger partial charge in [0.25, 0.3) is 0 Å². The lowest BCUT2D eigenvalue weighted by atomic mass is 9.87. The fourth-order valence-corrected chi connectivity index (χ4v) is 5.23. The van der Waals surface area contributed by atoms with Crippen LogP contribution in [-0.4, -0.2) is 10.8 Å². The molecule has 2 rings (SSSR count). The molecule has 0 aromatic heterocycles. The first-order valence-electron chi connectivity index (χ1n) is 5.12. The fourth-order valence-electron chi connectivity index (χ4n) is 2.82. The van der Waals surface area contributed by atoms with E-state index < -0.39 is 0 Å². The summed E-state index contributed by atoms with van der Waals surface area (Å²) < 4.78 is 0. The summed E-state index contributed by atoms with van der Waals surface area (Å²) in [6.07, 6.45) is 10.7. The van der Waals surface area contributed by atoms with E-state index in [2.05, 4.69) is 6.92 Å². The molecule has 2 bridgehead atoms. The summed E-state index contributed by atoms with van der Waals surface area (Å²) in [5, 5.41) is 0.848. The van der Waals surface area contributed by atoms with E-state index in [0.717, 1.165) is 10.8 Å². The molecule has 2 aliphatic rings. The Balaban J connectivity index is 2.07. The van der Waals surface area contributed by atoms with Crippen molar-refractivity contribution in [3.63, 3.8) is 0 Å². The van der Waals surface area contributed by atoms with Gasteiger partial charge in [0, 0.05) is 0 Å². The molecule has 2 aliphatic heterocycles. The van der Waals surface area contributed by atoms with Crippen molar-refractivity contribution in [1.29, 1.82) is 0 Å². The molecule has 1 atom stereocenters. The van der Waals surface area contributed by atoms with Crippen LogP contribution < -0.4 is 0 Å². The molecular formula is C10H19P. The van der Waals surface area contributed by atoms with E-state index in [-0.39, 0.29) is 0 Å². The van der Waals surface area contributed by atoms with E-state index in [1.54, 1.807) is 25.7 Å².